The molecule has 0 radical (unpaired) electrons. The molecule has 0 saturated heterocycles. The van der Waals surface area contributed by atoms with Gasteiger partial charge in [0.1, 0.15) is 11.6 Å². The van der Waals surface area contributed by atoms with E-state index in [4.69, 9.17) is 0 Å². The molecule has 0 spiro atoms. The van der Waals surface area contributed by atoms with Gasteiger partial charge in [-0.25, -0.2) is 4.98 Å². The van der Waals surface area contributed by atoms with Crippen molar-refractivity contribution in [1.29, 1.82) is 0 Å². The van der Waals surface area contributed by atoms with Crippen molar-refractivity contribution in [2.24, 2.45) is 7.05 Å². The molecule has 96 valence electrons. The Bertz CT molecular complexity index is 774. The zero-order valence-electron chi connectivity index (χ0n) is 10.4. The number of aryl methyl sites for hydroxylation is 1. The molecule has 0 aliphatic heterocycles. The number of rotatable bonds is 3. The molecule has 3 aromatic rings. The van der Waals surface area contributed by atoms with Crippen LogP contribution in [-0.4, -0.2) is 19.7 Å². The van der Waals surface area contributed by atoms with Crippen molar-refractivity contribution < 1.29 is 0 Å². The van der Waals surface area contributed by atoms with Crippen LogP contribution in [0.2, 0.25) is 0 Å². The fourth-order valence-corrected chi connectivity index (χ4v) is 1.90. The third kappa shape index (κ3) is 2.33. The summed E-state index contributed by atoms with van der Waals surface area (Å²) >= 11 is 0. The SMILES string of the molecule is Cn1ccc(NCc2nc3ccccc3c(=O)[nH]2)n1. The number of nitrogens with zero attached hydrogens (tertiary/aromatic N) is 3. The van der Waals surface area contributed by atoms with Crippen molar-refractivity contribution in [3.05, 3.63) is 52.7 Å². The molecule has 0 unspecified atom stereocenters. The standard InChI is InChI=1S/C13H13N5O/c1-18-7-6-11(17-18)14-8-12-15-10-5-3-2-4-9(10)13(19)16-12/h2-7H,8H2,1H3,(H,14,17)(H,15,16,19). The number of nitrogens with one attached hydrogen (secondary N) is 2. The predicted octanol–water partition coefficient (Wildman–Crippen LogP) is 1.27. The van der Waals surface area contributed by atoms with Gasteiger partial charge in [0.25, 0.3) is 5.56 Å². The van der Waals surface area contributed by atoms with E-state index in [1.54, 1.807) is 10.7 Å². The highest BCUT2D eigenvalue weighted by Gasteiger charge is 2.03. The second kappa shape index (κ2) is 4.56. The lowest BCUT2D eigenvalue weighted by molar-refractivity contribution is 0.767. The van der Waals surface area contributed by atoms with Crippen LogP contribution < -0.4 is 10.9 Å². The Kier molecular flexibility index (Phi) is 2.75. The highest BCUT2D eigenvalue weighted by atomic mass is 16.1. The van der Waals surface area contributed by atoms with Crippen LogP contribution in [-0.2, 0) is 13.6 Å². The fraction of sp³-hybridized carbons (Fsp3) is 0.154. The number of fused-ring (bicyclic) bond motifs is 1. The van der Waals surface area contributed by atoms with Crippen LogP contribution in [0, 0.1) is 0 Å². The van der Waals surface area contributed by atoms with Gasteiger partial charge in [-0.1, -0.05) is 12.1 Å². The Morgan fingerprint density at radius 3 is 2.95 bits per heavy atom. The van der Waals surface area contributed by atoms with Gasteiger partial charge < -0.3 is 10.3 Å². The van der Waals surface area contributed by atoms with Crippen molar-refractivity contribution in [1.82, 2.24) is 19.7 Å². The zero-order chi connectivity index (χ0) is 13.2. The molecule has 19 heavy (non-hydrogen) atoms. The first-order valence-electron chi connectivity index (χ1n) is 5.94. The number of H-pyrrole nitrogens is 1. The summed E-state index contributed by atoms with van der Waals surface area (Å²) in [6.07, 6.45) is 1.85. The second-order valence-electron chi connectivity index (χ2n) is 4.26. The minimum absolute atomic E-state index is 0.122. The van der Waals surface area contributed by atoms with Crippen LogP contribution >= 0.6 is 0 Å². The molecule has 3 rings (SSSR count). The molecule has 1 aromatic carbocycles. The van der Waals surface area contributed by atoms with Crippen molar-refractivity contribution in [3.8, 4) is 0 Å². The topological polar surface area (TPSA) is 75.6 Å². The third-order valence-corrected chi connectivity index (χ3v) is 2.81. The summed E-state index contributed by atoms with van der Waals surface area (Å²) in [5.41, 5.74) is 0.576. The summed E-state index contributed by atoms with van der Waals surface area (Å²) in [5.74, 6) is 1.34. The smallest absolute Gasteiger partial charge is 0.258 e. The molecule has 0 aliphatic carbocycles. The molecular weight excluding hydrogens is 242 g/mol. The van der Waals surface area contributed by atoms with E-state index < -0.39 is 0 Å². The lowest BCUT2D eigenvalue weighted by Gasteiger charge is -2.04. The van der Waals surface area contributed by atoms with E-state index in [0.29, 0.717) is 23.3 Å². The van der Waals surface area contributed by atoms with Gasteiger partial charge in [-0.3, -0.25) is 9.48 Å². The Balaban J connectivity index is 1.87. The van der Waals surface area contributed by atoms with Crippen molar-refractivity contribution in [3.63, 3.8) is 0 Å². The van der Waals surface area contributed by atoms with Crippen molar-refractivity contribution in [2.45, 2.75) is 6.54 Å². The molecule has 2 heterocycles. The van der Waals surface area contributed by atoms with Crippen LogP contribution in [0.5, 0.6) is 0 Å². The first-order chi connectivity index (χ1) is 9.22. The summed E-state index contributed by atoms with van der Waals surface area (Å²) in [6.45, 7) is 0.428. The number of aromatic nitrogens is 4. The van der Waals surface area contributed by atoms with E-state index >= 15 is 0 Å². The van der Waals surface area contributed by atoms with Gasteiger partial charge in [0.05, 0.1) is 17.4 Å². The highest BCUT2D eigenvalue weighted by Crippen LogP contribution is 2.07. The average Bonchev–Trinajstić information content (AvgIpc) is 2.82. The largest absolute Gasteiger partial charge is 0.361 e. The minimum Gasteiger partial charge on any atom is -0.361 e. The van der Waals surface area contributed by atoms with Crippen molar-refractivity contribution >= 4 is 16.7 Å². The van der Waals surface area contributed by atoms with E-state index in [1.807, 2.05) is 37.5 Å². The van der Waals surface area contributed by atoms with Crippen LogP contribution in [0.1, 0.15) is 5.82 Å². The van der Waals surface area contributed by atoms with Crippen molar-refractivity contribution in [2.75, 3.05) is 5.32 Å². The van der Waals surface area contributed by atoms with Gasteiger partial charge >= 0.3 is 0 Å². The molecule has 0 aliphatic rings. The molecular formula is C13H13N5O. The summed E-state index contributed by atoms with van der Waals surface area (Å²) in [5, 5.41) is 7.91. The van der Waals surface area contributed by atoms with E-state index in [0.717, 1.165) is 5.82 Å². The summed E-state index contributed by atoms with van der Waals surface area (Å²) < 4.78 is 1.71. The Morgan fingerprint density at radius 2 is 2.16 bits per heavy atom. The quantitative estimate of drug-likeness (QED) is 0.739. The third-order valence-electron chi connectivity index (χ3n) is 2.81. The minimum atomic E-state index is -0.122. The molecule has 6 heteroatoms. The van der Waals surface area contributed by atoms with Gasteiger partial charge in [0, 0.05) is 19.3 Å². The first-order valence-corrected chi connectivity index (χ1v) is 5.94. The molecule has 0 atom stereocenters. The lowest BCUT2D eigenvalue weighted by Crippen LogP contribution is -2.14. The summed E-state index contributed by atoms with van der Waals surface area (Å²) in [6, 6.07) is 9.14. The predicted molar refractivity (Wildman–Crippen MR) is 72.9 cm³/mol. The van der Waals surface area contributed by atoms with E-state index in [1.165, 1.54) is 0 Å². The molecule has 0 fully saturated rings. The van der Waals surface area contributed by atoms with Gasteiger partial charge in [-0.2, -0.15) is 5.10 Å². The Labute approximate surface area is 109 Å². The Morgan fingerprint density at radius 1 is 1.32 bits per heavy atom. The molecule has 2 aromatic heterocycles. The van der Waals surface area contributed by atoms with E-state index in [2.05, 4.69) is 20.4 Å². The van der Waals surface area contributed by atoms with E-state index in [9.17, 15) is 4.79 Å². The van der Waals surface area contributed by atoms with Crippen LogP contribution in [0.3, 0.4) is 0 Å². The molecule has 2 N–H and O–H groups in total. The normalized spacial score (nSPS) is 10.8. The highest BCUT2D eigenvalue weighted by molar-refractivity contribution is 5.77. The van der Waals surface area contributed by atoms with Gasteiger partial charge in [-0.15, -0.1) is 0 Å². The lowest BCUT2D eigenvalue weighted by atomic mass is 10.2. The molecule has 0 bridgehead atoms. The maximum Gasteiger partial charge on any atom is 0.258 e. The van der Waals surface area contributed by atoms with Crippen LogP contribution in [0.15, 0.2) is 41.3 Å². The monoisotopic (exact) mass is 255 g/mol. The van der Waals surface area contributed by atoms with Gasteiger partial charge in [0.2, 0.25) is 0 Å². The maximum absolute atomic E-state index is 11.9. The Hall–Kier alpha value is -2.63. The maximum atomic E-state index is 11.9. The molecule has 0 saturated carbocycles. The van der Waals surface area contributed by atoms with Gasteiger partial charge in [0.15, 0.2) is 0 Å². The molecule has 0 amide bonds. The number of para-hydroxylation sites is 1. The van der Waals surface area contributed by atoms with E-state index in [-0.39, 0.29) is 5.56 Å². The second-order valence-corrected chi connectivity index (χ2v) is 4.26. The van der Waals surface area contributed by atoms with Crippen LogP contribution in [0.25, 0.3) is 10.9 Å². The summed E-state index contributed by atoms with van der Waals surface area (Å²) in [7, 11) is 1.85. The van der Waals surface area contributed by atoms with Crippen LogP contribution in [0.4, 0.5) is 5.82 Å². The number of benzene rings is 1. The number of anilines is 1. The first kappa shape index (κ1) is 11.5. The number of hydrogen-bond acceptors (Lipinski definition) is 4. The summed E-state index contributed by atoms with van der Waals surface area (Å²) in [4.78, 5) is 19.0. The fourth-order valence-electron chi connectivity index (χ4n) is 1.90. The zero-order valence-corrected chi connectivity index (χ0v) is 10.4. The molecule has 6 nitrogen and oxygen atoms in total. The number of hydrogen-bond donors (Lipinski definition) is 2. The number of aromatic amines is 1. The average molecular weight is 255 g/mol. The van der Waals surface area contributed by atoms with Gasteiger partial charge in [-0.05, 0) is 12.1 Å².